The van der Waals surface area contributed by atoms with Crippen molar-refractivity contribution in [3.63, 3.8) is 0 Å². The SMILES string of the molecule is O=C1OCC2=C1C(c1cccc(Cl)c1Cl)CC(=O)N2c1ccc(Cl)cc1. The molecule has 7 heteroatoms. The zero-order valence-corrected chi connectivity index (χ0v) is 15.6. The highest BCUT2D eigenvalue weighted by molar-refractivity contribution is 6.42. The molecular weight excluding hydrogens is 397 g/mol. The molecule has 1 atom stereocenters. The summed E-state index contributed by atoms with van der Waals surface area (Å²) in [4.78, 5) is 26.9. The van der Waals surface area contributed by atoms with Crippen LogP contribution < -0.4 is 4.90 Å². The van der Waals surface area contributed by atoms with Crippen molar-refractivity contribution in [2.45, 2.75) is 12.3 Å². The van der Waals surface area contributed by atoms with E-state index < -0.39 is 11.9 Å². The fourth-order valence-electron chi connectivity index (χ4n) is 3.40. The molecule has 4 rings (SSSR count). The number of carbonyl (C=O) groups excluding carboxylic acids is 2. The minimum atomic E-state index is -0.484. The van der Waals surface area contributed by atoms with Gasteiger partial charge in [-0.1, -0.05) is 46.9 Å². The van der Waals surface area contributed by atoms with Gasteiger partial charge in [-0.2, -0.15) is 0 Å². The topological polar surface area (TPSA) is 46.6 Å². The summed E-state index contributed by atoms with van der Waals surface area (Å²) in [6, 6.07) is 12.1. The van der Waals surface area contributed by atoms with Crippen molar-refractivity contribution >= 4 is 52.4 Å². The van der Waals surface area contributed by atoms with Crippen LogP contribution in [-0.2, 0) is 14.3 Å². The Kier molecular flexibility index (Phi) is 4.43. The smallest absolute Gasteiger partial charge is 0.336 e. The Morgan fingerprint density at radius 1 is 1.00 bits per heavy atom. The van der Waals surface area contributed by atoms with E-state index in [2.05, 4.69) is 0 Å². The first-order chi connectivity index (χ1) is 12.5. The zero-order valence-electron chi connectivity index (χ0n) is 13.3. The molecule has 2 aliphatic heterocycles. The van der Waals surface area contributed by atoms with Gasteiger partial charge in [-0.15, -0.1) is 0 Å². The van der Waals surface area contributed by atoms with Crippen LogP contribution in [0, 0.1) is 0 Å². The second-order valence-electron chi connectivity index (χ2n) is 6.04. The van der Waals surface area contributed by atoms with E-state index in [1.54, 1.807) is 42.5 Å². The van der Waals surface area contributed by atoms with Gasteiger partial charge in [0.2, 0.25) is 5.91 Å². The number of hydrogen-bond donors (Lipinski definition) is 0. The number of hydrogen-bond acceptors (Lipinski definition) is 3. The fraction of sp³-hybridized carbons (Fsp3) is 0.158. The first kappa shape index (κ1) is 17.4. The molecule has 2 heterocycles. The molecule has 2 aliphatic rings. The zero-order chi connectivity index (χ0) is 18.4. The van der Waals surface area contributed by atoms with Crippen molar-refractivity contribution in [1.29, 1.82) is 0 Å². The molecule has 1 unspecified atom stereocenters. The van der Waals surface area contributed by atoms with E-state index >= 15 is 0 Å². The number of esters is 1. The number of amides is 1. The largest absolute Gasteiger partial charge is 0.456 e. The normalized spacial score (nSPS) is 19.7. The average molecular weight is 409 g/mol. The van der Waals surface area contributed by atoms with Crippen molar-refractivity contribution in [2.24, 2.45) is 0 Å². The fourth-order valence-corrected chi connectivity index (χ4v) is 3.96. The lowest BCUT2D eigenvalue weighted by Gasteiger charge is -2.32. The van der Waals surface area contributed by atoms with E-state index in [0.717, 1.165) is 0 Å². The van der Waals surface area contributed by atoms with Crippen LogP contribution >= 0.6 is 34.8 Å². The maximum atomic E-state index is 12.9. The molecule has 0 bridgehead atoms. The van der Waals surface area contributed by atoms with Crippen molar-refractivity contribution in [3.8, 4) is 0 Å². The number of nitrogens with zero attached hydrogens (tertiary/aromatic N) is 1. The lowest BCUT2D eigenvalue weighted by atomic mass is 9.84. The monoisotopic (exact) mass is 407 g/mol. The first-order valence-electron chi connectivity index (χ1n) is 7.90. The van der Waals surface area contributed by atoms with Crippen LogP contribution in [0.25, 0.3) is 0 Å². The number of carbonyl (C=O) groups is 2. The Morgan fingerprint density at radius 3 is 2.46 bits per heavy atom. The molecule has 0 spiro atoms. The van der Waals surface area contributed by atoms with Crippen LogP contribution in [0.2, 0.25) is 15.1 Å². The summed E-state index contributed by atoms with van der Waals surface area (Å²) in [6.45, 7) is 0.0389. The summed E-state index contributed by atoms with van der Waals surface area (Å²) in [6.07, 6.45) is 0.0939. The van der Waals surface area contributed by atoms with Crippen LogP contribution in [0.5, 0.6) is 0 Å². The summed E-state index contributed by atoms with van der Waals surface area (Å²) >= 11 is 18.4. The van der Waals surface area contributed by atoms with Gasteiger partial charge < -0.3 is 4.74 Å². The molecule has 0 N–H and O–H groups in total. The molecule has 1 amide bonds. The van der Waals surface area contributed by atoms with Crippen molar-refractivity contribution in [3.05, 3.63) is 74.4 Å². The summed E-state index contributed by atoms with van der Waals surface area (Å²) in [5.41, 5.74) is 2.27. The van der Waals surface area contributed by atoms with Crippen LogP contribution in [0.3, 0.4) is 0 Å². The van der Waals surface area contributed by atoms with Gasteiger partial charge in [-0.05, 0) is 35.9 Å². The van der Waals surface area contributed by atoms with Gasteiger partial charge in [0.05, 0.1) is 21.3 Å². The van der Waals surface area contributed by atoms with Gasteiger partial charge in [0.15, 0.2) is 0 Å². The van der Waals surface area contributed by atoms with Crippen LogP contribution in [0.1, 0.15) is 17.9 Å². The Morgan fingerprint density at radius 2 is 1.73 bits per heavy atom. The average Bonchev–Trinajstić information content (AvgIpc) is 3.00. The molecule has 132 valence electrons. The minimum Gasteiger partial charge on any atom is -0.456 e. The van der Waals surface area contributed by atoms with E-state index in [9.17, 15) is 9.59 Å². The van der Waals surface area contributed by atoms with Crippen molar-refractivity contribution in [1.82, 2.24) is 0 Å². The van der Waals surface area contributed by atoms with Gasteiger partial charge in [-0.25, -0.2) is 4.79 Å². The number of anilines is 1. The Labute approximate surface area is 164 Å². The highest BCUT2D eigenvalue weighted by Gasteiger charge is 2.43. The number of benzene rings is 2. The molecule has 26 heavy (non-hydrogen) atoms. The molecular formula is C19H12Cl3NO3. The number of ether oxygens (including phenoxy) is 1. The molecule has 0 aromatic heterocycles. The van der Waals surface area contributed by atoms with Gasteiger partial charge in [0.1, 0.15) is 6.61 Å². The molecule has 0 aliphatic carbocycles. The van der Waals surface area contributed by atoms with Crippen LogP contribution in [0.4, 0.5) is 5.69 Å². The first-order valence-corrected chi connectivity index (χ1v) is 9.03. The van der Waals surface area contributed by atoms with E-state index in [-0.39, 0.29) is 18.9 Å². The molecule has 4 nitrogen and oxygen atoms in total. The van der Waals surface area contributed by atoms with E-state index in [1.165, 1.54) is 4.90 Å². The lowest BCUT2D eigenvalue weighted by molar-refractivity contribution is -0.136. The molecule has 0 saturated carbocycles. The van der Waals surface area contributed by atoms with Gasteiger partial charge in [0.25, 0.3) is 0 Å². The lowest BCUT2D eigenvalue weighted by Crippen LogP contribution is -2.37. The number of cyclic esters (lactones) is 1. The second-order valence-corrected chi connectivity index (χ2v) is 7.26. The van der Waals surface area contributed by atoms with Crippen molar-refractivity contribution in [2.75, 3.05) is 11.5 Å². The standard InChI is InChI=1S/C19H12Cl3NO3/c20-10-4-6-11(7-5-10)23-15-9-26-19(25)17(15)13(8-16(23)24)12-2-1-3-14(21)18(12)22/h1-7,13H,8-9H2. The summed E-state index contributed by atoms with van der Waals surface area (Å²) in [5.74, 6) is -1.07. The number of halogens is 3. The second kappa shape index (κ2) is 6.62. The summed E-state index contributed by atoms with van der Waals surface area (Å²) in [5, 5.41) is 1.29. The Bertz CT molecular complexity index is 953. The van der Waals surface area contributed by atoms with E-state index in [1.807, 2.05) is 0 Å². The maximum Gasteiger partial charge on any atom is 0.336 e. The van der Waals surface area contributed by atoms with Crippen LogP contribution in [-0.4, -0.2) is 18.5 Å². The van der Waals surface area contributed by atoms with Crippen LogP contribution in [0.15, 0.2) is 53.7 Å². The van der Waals surface area contributed by atoms with Gasteiger partial charge in [0, 0.05) is 23.0 Å². The highest BCUT2D eigenvalue weighted by Crippen LogP contribution is 2.44. The van der Waals surface area contributed by atoms with Crippen molar-refractivity contribution < 1.29 is 14.3 Å². The minimum absolute atomic E-state index is 0.0389. The highest BCUT2D eigenvalue weighted by atomic mass is 35.5. The predicted molar refractivity (Wildman–Crippen MR) is 101 cm³/mol. The van der Waals surface area contributed by atoms with E-state index in [0.29, 0.717) is 37.6 Å². The quantitative estimate of drug-likeness (QED) is 0.659. The molecule has 0 radical (unpaired) electrons. The molecule has 2 aromatic carbocycles. The predicted octanol–water partition coefficient (Wildman–Crippen LogP) is 4.98. The molecule has 0 saturated heterocycles. The maximum absolute atomic E-state index is 12.9. The summed E-state index contributed by atoms with van der Waals surface area (Å²) < 4.78 is 5.24. The third-order valence-corrected chi connectivity index (χ3v) is 5.64. The Balaban J connectivity index is 1.85. The molecule has 2 aromatic rings. The molecule has 0 fully saturated rings. The third kappa shape index (κ3) is 2.78. The number of rotatable bonds is 2. The van der Waals surface area contributed by atoms with Gasteiger partial charge >= 0.3 is 5.97 Å². The van der Waals surface area contributed by atoms with E-state index in [4.69, 9.17) is 39.5 Å². The third-order valence-electron chi connectivity index (χ3n) is 4.56. The Hall–Kier alpha value is -2.01. The summed E-state index contributed by atoms with van der Waals surface area (Å²) in [7, 11) is 0. The van der Waals surface area contributed by atoms with Gasteiger partial charge in [-0.3, -0.25) is 9.69 Å².